The van der Waals surface area contributed by atoms with Gasteiger partial charge in [0.15, 0.2) is 8.80 Å². The van der Waals surface area contributed by atoms with Crippen LogP contribution in [0.3, 0.4) is 0 Å². The molecular weight excluding hydrogens is 376 g/mol. The van der Waals surface area contributed by atoms with Gasteiger partial charge >= 0.3 is 17.9 Å². The third-order valence-corrected chi connectivity index (χ3v) is 6.99. The summed E-state index contributed by atoms with van der Waals surface area (Å²) >= 11 is 0. The molecule has 0 aliphatic carbocycles. The molecule has 0 heterocycles. The summed E-state index contributed by atoms with van der Waals surface area (Å²) in [5.74, 6) is -3.05. The van der Waals surface area contributed by atoms with Crippen molar-refractivity contribution in [1.82, 2.24) is 0 Å². The Bertz CT molecular complexity index is 887. The van der Waals surface area contributed by atoms with E-state index in [0.717, 1.165) is 15.6 Å². The van der Waals surface area contributed by atoms with Crippen LogP contribution in [0.15, 0.2) is 72.8 Å². The summed E-state index contributed by atoms with van der Waals surface area (Å²) in [6, 6.07) is 19.6. The summed E-state index contributed by atoms with van der Waals surface area (Å²) in [7, 11) is -1.58. The minimum absolute atomic E-state index is 0.174. The molecule has 6 nitrogen and oxygen atoms in total. The Morgan fingerprint density at radius 1 is 0.464 bits per heavy atom. The van der Waals surface area contributed by atoms with Crippen LogP contribution in [0.5, 0.6) is 0 Å². The second kappa shape index (κ2) is 7.89. The highest BCUT2D eigenvalue weighted by Crippen LogP contribution is 2.04. The summed E-state index contributed by atoms with van der Waals surface area (Å²) < 4.78 is 0. The second-order valence-electron chi connectivity index (χ2n) is 6.02. The summed E-state index contributed by atoms with van der Waals surface area (Å²) in [5, 5.41) is 30.0. The predicted molar refractivity (Wildman–Crippen MR) is 105 cm³/mol. The molecule has 1 radical (unpaired) electrons. The Morgan fingerprint density at radius 3 is 0.857 bits per heavy atom. The van der Waals surface area contributed by atoms with E-state index in [2.05, 4.69) is 0 Å². The highest BCUT2D eigenvalue weighted by Gasteiger charge is 2.21. The molecule has 3 N–H and O–H groups in total. The van der Waals surface area contributed by atoms with Gasteiger partial charge in [-0.1, -0.05) is 52.0 Å². The third kappa shape index (κ3) is 3.99. The van der Waals surface area contributed by atoms with E-state index >= 15 is 0 Å². The molecule has 0 fully saturated rings. The van der Waals surface area contributed by atoms with Gasteiger partial charge in [-0.05, 0) is 36.4 Å². The van der Waals surface area contributed by atoms with E-state index in [-0.39, 0.29) is 16.7 Å². The third-order valence-electron chi connectivity index (χ3n) is 4.26. The van der Waals surface area contributed by atoms with E-state index in [1.807, 2.05) is 0 Å². The molecule has 28 heavy (non-hydrogen) atoms. The van der Waals surface area contributed by atoms with Gasteiger partial charge in [0.1, 0.15) is 0 Å². The topological polar surface area (TPSA) is 112 Å². The molecule has 0 aliphatic rings. The first-order valence-corrected chi connectivity index (χ1v) is 9.75. The fourth-order valence-electron chi connectivity index (χ4n) is 2.84. The highest BCUT2D eigenvalue weighted by atomic mass is 28.3. The molecule has 0 aliphatic heterocycles. The largest absolute Gasteiger partial charge is 0.478 e. The van der Waals surface area contributed by atoms with E-state index in [1.54, 1.807) is 36.4 Å². The highest BCUT2D eigenvalue weighted by molar-refractivity contribution is 6.95. The summed E-state index contributed by atoms with van der Waals surface area (Å²) in [6.07, 6.45) is 0. The van der Waals surface area contributed by atoms with Crippen LogP contribution in [0.1, 0.15) is 31.1 Å². The van der Waals surface area contributed by atoms with Gasteiger partial charge in [0.25, 0.3) is 0 Å². The van der Waals surface area contributed by atoms with Crippen molar-refractivity contribution in [3.8, 4) is 0 Å². The van der Waals surface area contributed by atoms with Crippen molar-refractivity contribution in [2.24, 2.45) is 0 Å². The Balaban J connectivity index is 2.08. The van der Waals surface area contributed by atoms with Crippen LogP contribution in [0.4, 0.5) is 0 Å². The van der Waals surface area contributed by atoms with Crippen LogP contribution in [-0.2, 0) is 0 Å². The van der Waals surface area contributed by atoms with Crippen molar-refractivity contribution in [2.45, 2.75) is 0 Å². The van der Waals surface area contributed by atoms with Crippen LogP contribution in [0.2, 0.25) is 0 Å². The van der Waals surface area contributed by atoms with Crippen LogP contribution in [0.25, 0.3) is 0 Å². The summed E-state index contributed by atoms with van der Waals surface area (Å²) in [4.78, 5) is 33.4. The maximum Gasteiger partial charge on any atom is 0.335 e. The molecule has 0 spiro atoms. The Morgan fingerprint density at radius 2 is 0.679 bits per heavy atom. The Labute approximate surface area is 161 Å². The average molecular weight is 391 g/mol. The van der Waals surface area contributed by atoms with Gasteiger partial charge in [0, 0.05) is 0 Å². The molecule has 0 unspecified atom stereocenters. The number of hydrogen-bond donors (Lipinski definition) is 3. The number of rotatable bonds is 6. The molecule has 0 saturated heterocycles. The summed E-state index contributed by atoms with van der Waals surface area (Å²) in [5.41, 5.74) is 0.521. The van der Waals surface area contributed by atoms with E-state index in [1.165, 1.54) is 36.4 Å². The van der Waals surface area contributed by atoms with E-state index in [0.29, 0.717) is 0 Å². The maximum atomic E-state index is 11.1. The van der Waals surface area contributed by atoms with Gasteiger partial charge in [0.05, 0.1) is 16.7 Å². The lowest BCUT2D eigenvalue weighted by atomic mass is 10.2. The second-order valence-corrected chi connectivity index (χ2v) is 8.50. The minimum atomic E-state index is -1.58. The molecule has 0 bridgehead atoms. The van der Waals surface area contributed by atoms with E-state index in [9.17, 15) is 14.4 Å². The number of carboxylic acids is 3. The van der Waals surface area contributed by atoms with Gasteiger partial charge in [0.2, 0.25) is 0 Å². The number of aromatic carboxylic acids is 3. The number of carbonyl (C=O) groups is 3. The number of hydrogen-bond acceptors (Lipinski definition) is 3. The smallest absolute Gasteiger partial charge is 0.335 e. The zero-order chi connectivity index (χ0) is 20.3. The van der Waals surface area contributed by atoms with Crippen molar-refractivity contribution in [3.05, 3.63) is 89.5 Å². The Kier molecular flexibility index (Phi) is 5.37. The van der Waals surface area contributed by atoms with Crippen LogP contribution in [0, 0.1) is 0 Å². The fraction of sp³-hybridized carbons (Fsp3) is 0. The standard InChI is InChI=1S/C21H15O6Si/c22-19(23)13-1-7-16(8-2-13)28(17-9-3-14(4-10-17)20(24)25)18-11-5-15(6-12-18)21(26)27/h1-12H,(H,22,23)(H,24,25)(H,26,27). The zero-order valence-electron chi connectivity index (χ0n) is 14.5. The van der Waals surface area contributed by atoms with Gasteiger partial charge in [-0.15, -0.1) is 0 Å². The Hall–Kier alpha value is -3.71. The van der Waals surface area contributed by atoms with Crippen molar-refractivity contribution in [3.63, 3.8) is 0 Å². The molecule has 7 heteroatoms. The van der Waals surface area contributed by atoms with E-state index in [4.69, 9.17) is 15.3 Å². The molecule has 0 amide bonds. The van der Waals surface area contributed by atoms with Crippen molar-refractivity contribution in [1.29, 1.82) is 0 Å². The SMILES string of the molecule is O=C(O)c1ccc([Si](c2ccc(C(=O)O)cc2)c2ccc(C(=O)O)cc2)cc1. The molecule has 3 aromatic carbocycles. The van der Waals surface area contributed by atoms with Gasteiger partial charge in [-0.3, -0.25) is 0 Å². The molecular formula is C21H15O6Si. The predicted octanol–water partition coefficient (Wildman–Crippen LogP) is 1.30. The van der Waals surface area contributed by atoms with Crippen LogP contribution >= 0.6 is 0 Å². The minimum Gasteiger partial charge on any atom is -0.478 e. The van der Waals surface area contributed by atoms with Crippen molar-refractivity contribution < 1.29 is 29.7 Å². The van der Waals surface area contributed by atoms with Crippen LogP contribution < -0.4 is 15.6 Å². The lowest BCUT2D eigenvalue weighted by molar-refractivity contribution is 0.0686. The van der Waals surface area contributed by atoms with Crippen molar-refractivity contribution >= 4 is 42.3 Å². The van der Waals surface area contributed by atoms with Crippen molar-refractivity contribution in [2.75, 3.05) is 0 Å². The molecule has 0 saturated carbocycles. The molecule has 0 atom stereocenters. The number of benzene rings is 3. The van der Waals surface area contributed by atoms with Gasteiger partial charge < -0.3 is 15.3 Å². The molecule has 0 aromatic heterocycles. The summed E-state index contributed by atoms with van der Waals surface area (Å²) in [6.45, 7) is 0. The lowest BCUT2D eigenvalue weighted by Gasteiger charge is -2.17. The van der Waals surface area contributed by atoms with Crippen LogP contribution in [-0.4, -0.2) is 42.0 Å². The van der Waals surface area contributed by atoms with E-state index < -0.39 is 26.7 Å². The normalized spacial score (nSPS) is 10.6. The first-order valence-electron chi connectivity index (χ1n) is 8.25. The molecule has 139 valence electrons. The monoisotopic (exact) mass is 391 g/mol. The average Bonchev–Trinajstić information content (AvgIpc) is 2.69. The first kappa shape index (κ1) is 19.1. The first-order chi connectivity index (χ1) is 13.4. The fourth-order valence-corrected chi connectivity index (χ4v) is 5.34. The molecule has 3 aromatic rings. The quantitative estimate of drug-likeness (QED) is 0.431. The maximum absolute atomic E-state index is 11.1. The van der Waals surface area contributed by atoms with Gasteiger partial charge in [-0.2, -0.15) is 0 Å². The number of carboxylic acid groups (broad SMARTS) is 3. The molecule has 3 rings (SSSR count). The lowest BCUT2D eigenvalue weighted by Crippen LogP contribution is -2.52. The zero-order valence-corrected chi connectivity index (χ0v) is 15.5. The van der Waals surface area contributed by atoms with Gasteiger partial charge in [-0.25, -0.2) is 14.4 Å².